The van der Waals surface area contributed by atoms with Crippen LogP contribution in [-0.2, 0) is 0 Å². The highest BCUT2D eigenvalue weighted by Gasteiger charge is 2.14. The summed E-state index contributed by atoms with van der Waals surface area (Å²) in [5, 5.41) is 5.16. The van der Waals surface area contributed by atoms with Gasteiger partial charge >= 0.3 is 6.03 Å². The molecule has 0 saturated heterocycles. The lowest BCUT2D eigenvalue weighted by atomic mass is 10.1. The molecule has 0 atom stereocenters. The van der Waals surface area contributed by atoms with E-state index in [4.69, 9.17) is 0 Å². The van der Waals surface area contributed by atoms with Crippen LogP contribution in [0.2, 0.25) is 0 Å². The largest absolute Gasteiger partial charge is 0.333 e. The van der Waals surface area contributed by atoms with Crippen molar-refractivity contribution in [2.24, 2.45) is 0 Å². The third-order valence-electron chi connectivity index (χ3n) is 1.55. The number of amides is 2. The monoisotopic (exact) mass is 209 g/mol. The van der Waals surface area contributed by atoms with E-state index in [9.17, 15) is 9.59 Å². The number of pyridine rings is 1. The second-order valence-electron chi connectivity index (χ2n) is 4.24. The first kappa shape index (κ1) is 11.3. The summed E-state index contributed by atoms with van der Waals surface area (Å²) in [5.74, 6) is 0. The van der Waals surface area contributed by atoms with Crippen LogP contribution in [-0.4, -0.2) is 16.6 Å². The van der Waals surface area contributed by atoms with Gasteiger partial charge in [0.1, 0.15) is 5.69 Å². The van der Waals surface area contributed by atoms with Crippen LogP contribution in [0.25, 0.3) is 0 Å². The zero-order valence-electron chi connectivity index (χ0n) is 9.05. The van der Waals surface area contributed by atoms with Gasteiger partial charge in [0.2, 0.25) is 0 Å². The standard InChI is InChI=1S/C10H15N3O2/c1-10(2,3)13-9(15)12-7-5-4-6-11-8(7)14/h4-6H,1-3H3,(H,11,14)(H2,12,13,15). The van der Waals surface area contributed by atoms with Gasteiger partial charge in [-0.2, -0.15) is 0 Å². The normalized spacial score (nSPS) is 10.9. The van der Waals surface area contributed by atoms with Crippen LogP contribution in [0.1, 0.15) is 20.8 Å². The predicted octanol–water partition coefficient (Wildman–Crippen LogP) is 1.29. The maximum absolute atomic E-state index is 11.4. The van der Waals surface area contributed by atoms with Crippen molar-refractivity contribution in [2.45, 2.75) is 26.3 Å². The molecule has 82 valence electrons. The fourth-order valence-electron chi connectivity index (χ4n) is 1.01. The first-order chi connectivity index (χ1) is 6.88. The molecule has 0 unspecified atom stereocenters. The number of rotatable bonds is 1. The van der Waals surface area contributed by atoms with E-state index in [0.29, 0.717) is 0 Å². The predicted molar refractivity (Wildman–Crippen MR) is 59.0 cm³/mol. The highest BCUT2D eigenvalue weighted by Crippen LogP contribution is 2.00. The van der Waals surface area contributed by atoms with Crippen molar-refractivity contribution in [3.8, 4) is 0 Å². The molecule has 5 nitrogen and oxygen atoms in total. The van der Waals surface area contributed by atoms with Crippen LogP contribution >= 0.6 is 0 Å². The minimum absolute atomic E-state index is 0.235. The van der Waals surface area contributed by atoms with Crippen molar-refractivity contribution in [1.29, 1.82) is 0 Å². The van der Waals surface area contributed by atoms with E-state index < -0.39 is 0 Å². The lowest BCUT2D eigenvalue weighted by Gasteiger charge is -2.20. The molecule has 1 rings (SSSR count). The van der Waals surface area contributed by atoms with Crippen LogP contribution in [0.15, 0.2) is 23.1 Å². The smallest absolute Gasteiger partial charge is 0.319 e. The van der Waals surface area contributed by atoms with E-state index in [1.807, 2.05) is 20.8 Å². The van der Waals surface area contributed by atoms with Crippen LogP contribution in [0, 0.1) is 0 Å². The first-order valence-electron chi connectivity index (χ1n) is 4.65. The Balaban J connectivity index is 2.68. The summed E-state index contributed by atoms with van der Waals surface area (Å²) in [7, 11) is 0. The van der Waals surface area contributed by atoms with E-state index in [1.165, 1.54) is 6.20 Å². The van der Waals surface area contributed by atoms with Gasteiger partial charge in [-0.15, -0.1) is 0 Å². The Bertz CT molecular complexity index is 404. The molecular weight excluding hydrogens is 194 g/mol. The molecule has 0 bridgehead atoms. The van der Waals surface area contributed by atoms with Gasteiger partial charge in [-0.25, -0.2) is 4.79 Å². The minimum Gasteiger partial charge on any atom is -0.333 e. The molecule has 5 heteroatoms. The second kappa shape index (κ2) is 4.16. The fraction of sp³-hybridized carbons (Fsp3) is 0.400. The minimum atomic E-state index is -0.390. The topological polar surface area (TPSA) is 74.0 Å². The number of carbonyl (C=O) groups excluding carboxylic acids is 1. The van der Waals surface area contributed by atoms with Crippen molar-refractivity contribution in [1.82, 2.24) is 10.3 Å². The molecule has 0 saturated carbocycles. The number of anilines is 1. The van der Waals surface area contributed by atoms with Gasteiger partial charge in [0.25, 0.3) is 5.56 Å². The number of aromatic nitrogens is 1. The Morgan fingerprint density at radius 1 is 1.40 bits per heavy atom. The average Bonchev–Trinajstić information content (AvgIpc) is 2.05. The van der Waals surface area contributed by atoms with E-state index >= 15 is 0 Å². The molecule has 2 amide bonds. The van der Waals surface area contributed by atoms with Crippen molar-refractivity contribution >= 4 is 11.7 Å². The maximum atomic E-state index is 11.4. The third kappa shape index (κ3) is 3.84. The second-order valence-corrected chi connectivity index (χ2v) is 4.24. The number of nitrogens with one attached hydrogen (secondary N) is 3. The zero-order chi connectivity index (χ0) is 11.5. The highest BCUT2D eigenvalue weighted by atomic mass is 16.2. The summed E-state index contributed by atoms with van der Waals surface area (Å²) < 4.78 is 0. The SMILES string of the molecule is CC(C)(C)NC(=O)Nc1ccc[nH]c1=O. The zero-order valence-corrected chi connectivity index (χ0v) is 9.05. The molecule has 15 heavy (non-hydrogen) atoms. The molecule has 0 fully saturated rings. The average molecular weight is 209 g/mol. The number of hydrogen-bond acceptors (Lipinski definition) is 2. The van der Waals surface area contributed by atoms with Crippen LogP contribution < -0.4 is 16.2 Å². The number of hydrogen-bond donors (Lipinski definition) is 3. The molecular formula is C10H15N3O2. The maximum Gasteiger partial charge on any atom is 0.319 e. The van der Waals surface area contributed by atoms with E-state index in [1.54, 1.807) is 12.1 Å². The van der Waals surface area contributed by atoms with Gasteiger partial charge in [-0.1, -0.05) is 0 Å². The van der Waals surface area contributed by atoms with E-state index in [0.717, 1.165) is 0 Å². The van der Waals surface area contributed by atoms with Gasteiger partial charge in [-0.05, 0) is 32.9 Å². The van der Waals surface area contributed by atoms with Gasteiger partial charge < -0.3 is 15.6 Å². The van der Waals surface area contributed by atoms with Crippen LogP contribution in [0.3, 0.4) is 0 Å². The Kier molecular flexibility index (Phi) is 3.14. The Hall–Kier alpha value is -1.78. The van der Waals surface area contributed by atoms with Crippen molar-refractivity contribution in [3.05, 3.63) is 28.7 Å². The molecule has 1 heterocycles. The molecule has 1 aromatic heterocycles. The molecule has 0 aromatic carbocycles. The van der Waals surface area contributed by atoms with Gasteiger partial charge in [-0.3, -0.25) is 4.79 Å². The lowest BCUT2D eigenvalue weighted by molar-refractivity contribution is 0.244. The van der Waals surface area contributed by atoms with Gasteiger partial charge in [0, 0.05) is 11.7 Å². The molecule has 0 spiro atoms. The number of aromatic amines is 1. The van der Waals surface area contributed by atoms with Crippen LogP contribution in [0.5, 0.6) is 0 Å². The summed E-state index contributed by atoms with van der Waals surface area (Å²) in [4.78, 5) is 25.1. The van der Waals surface area contributed by atoms with Crippen LogP contribution in [0.4, 0.5) is 10.5 Å². The number of carbonyl (C=O) groups is 1. The summed E-state index contributed by atoms with van der Waals surface area (Å²) in [6, 6.07) is 2.80. The fourth-order valence-corrected chi connectivity index (χ4v) is 1.01. The molecule has 0 aliphatic carbocycles. The Morgan fingerprint density at radius 2 is 2.07 bits per heavy atom. The van der Waals surface area contributed by atoms with Gasteiger partial charge in [0.05, 0.1) is 0 Å². The van der Waals surface area contributed by atoms with Crippen molar-refractivity contribution in [3.63, 3.8) is 0 Å². The van der Waals surface area contributed by atoms with E-state index in [-0.39, 0.29) is 22.8 Å². The summed E-state index contributed by atoms with van der Waals surface area (Å²) in [6.07, 6.45) is 1.51. The molecule has 0 radical (unpaired) electrons. The quantitative estimate of drug-likeness (QED) is 0.652. The number of H-pyrrole nitrogens is 1. The summed E-state index contributed by atoms with van der Waals surface area (Å²) >= 11 is 0. The third-order valence-corrected chi connectivity index (χ3v) is 1.55. The van der Waals surface area contributed by atoms with Gasteiger partial charge in [0.15, 0.2) is 0 Å². The first-order valence-corrected chi connectivity index (χ1v) is 4.65. The molecule has 0 aliphatic rings. The number of urea groups is 1. The van der Waals surface area contributed by atoms with E-state index in [2.05, 4.69) is 15.6 Å². The Labute approximate surface area is 87.9 Å². The lowest BCUT2D eigenvalue weighted by Crippen LogP contribution is -2.43. The molecule has 3 N–H and O–H groups in total. The van der Waals surface area contributed by atoms with Crippen molar-refractivity contribution in [2.75, 3.05) is 5.32 Å². The summed E-state index contributed by atoms with van der Waals surface area (Å²) in [5.41, 5.74) is -0.410. The molecule has 0 aliphatic heterocycles. The highest BCUT2D eigenvalue weighted by molar-refractivity contribution is 5.89. The Morgan fingerprint density at radius 3 is 2.60 bits per heavy atom. The summed E-state index contributed by atoms with van der Waals surface area (Å²) in [6.45, 7) is 5.59. The molecule has 1 aromatic rings. The van der Waals surface area contributed by atoms with Crippen molar-refractivity contribution < 1.29 is 4.79 Å².